The third-order valence-corrected chi connectivity index (χ3v) is 12.3. The van der Waals surface area contributed by atoms with Gasteiger partial charge in [0.15, 0.2) is 0 Å². The molecule has 4 rings (SSSR count). The molecule has 2 aromatic carbocycles. The van der Waals surface area contributed by atoms with Crippen LogP contribution in [0.25, 0.3) is 10.9 Å². The first-order chi connectivity index (χ1) is 19.7. The number of hydrogen-bond donors (Lipinski definition) is 0. The standard InChI is InChI=1S/C33H49BrN2O4Si2/c1-24-18-30(38-3)31(28-12-13-35(32(24)28)23-40-15-17-42(7,8)9)33(2,22-37)36-20-25-19-26(34)10-11-27(25)29(36)21-39-14-16-41(4,5)6/h10-13,18-19,22,29H,14-17,20-21,23H2,1-9H3. The highest BCUT2D eigenvalue weighted by Crippen LogP contribution is 2.48. The number of rotatable bonds is 14. The largest absolute Gasteiger partial charge is 0.496 e. The highest BCUT2D eigenvalue weighted by molar-refractivity contribution is 9.10. The normalized spacial score (nSPS) is 17.4. The Kier molecular flexibility index (Phi) is 10.3. The predicted molar refractivity (Wildman–Crippen MR) is 182 cm³/mol. The zero-order valence-corrected chi connectivity index (χ0v) is 30.6. The van der Waals surface area contributed by atoms with Gasteiger partial charge in [0.2, 0.25) is 0 Å². The van der Waals surface area contributed by atoms with Crippen molar-refractivity contribution >= 4 is 49.3 Å². The van der Waals surface area contributed by atoms with Gasteiger partial charge in [0.1, 0.15) is 24.3 Å². The first-order valence-corrected chi connectivity index (χ1v) is 23.2. The maximum Gasteiger partial charge on any atom is 0.144 e. The first-order valence-electron chi connectivity index (χ1n) is 15.0. The molecule has 42 heavy (non-hydrogen) atoms. The Morgan fingerprint density at radius 3 is 2.31 bits per heavy atom. The van der Waals surface area contributed by atoms with Crippen molar-refractivity contribution in [3.63, 3.8) is 0 Å². The third-order valence-electron chi connectivity index (χ3n) is 8.43. The van der Waals surface area contributed by atoms with Gasteiger partial charge >= 0.3 is 0 Å². The second-order valence-electron chi connectivity index (χ2n) is 14.3. The Morgan fingerprint density at radius 1 is 1.02 bits per heavy atom. The van der Waals surface area contributed by atoms with Crippen LogP contribution in [0.5, 0.6) is 5.75 Å². The van der Waals surface area contributed by atoms with E-state index in [1.807, 2.05) is 6.92 Å². The van der Waals surface area contributed by atoms with Gasteiger partial charge in [-0.2, -0.15) is 0 Å². The van der Waals surface area contributed by atoms with Gasteiger partial charge in [0.25, 0.3) is 0 Å². The number of carbonyl (C=O) groups excluding carboxylic acids is 1. The predicted octanol–water partition coefficient (Wildman–Crippen LogP) is 8.36. The van der Waals surface area contributed by atoms with Crippen LogP contribution in [0.3, 0.4) is 0 Å². The zero-order chi connectivity index (χ0) is 30.9. The van der Waals surface area contributed by atoms with Crippen molar-refractivity contribution in [3.8, 4) is 5.75 Å². The number of aryl methyl sites for hydroxylation is 1. The minimum absolute atomic E-state index is 0.0574. The topological polar surface area (TPSA) is 52.9 Å². The molecule has 0 bridgehead atoms. The molecule has 1 aliphatic heterocycles. The fourth-order valence-corrected chi connectivity index (χ4v) is 7.85. The van der Waals surface area contributed by atoms with Crippen molar-refractivity contribution in [3.05, 3.63) is 63.3 Å². The summed E-state index contributed by atoms with van der Waals surface area (Å²) < 4.78 is 21.7. The minimum Gasteiger partial charge on any atom is -0.496 e. The van der Waals surface area contributed by atoms with Crippen LogP contribution in [0.4, 0.5) is 0 Å². The van der Waals surface area contributed by atoms with Gasteiger partial charge in [-0.25, -0.2) is 0 Å². The first kappa shape index (κ1) is 33.1. The molecule has 0 N–H and O–H groups in total. The number of benzene rings is 2. The van der Waals surface area contributed by atoms with E-state index < -0.39 is 21.7 Å². The lowest BCUT2D eigenvalue weighted by Crippen LogP contribution is -2.45. The highest BCUT2D eigenvalue weighted by Gasteiger charge is 2.46. The molecule has 230 valence electrons. The maximum absolute atomic E-state index is 13.4. The summed E-state index contributed by atoms with van der Waals surface area (Å²) in [6, 6.07) is 12.8. The van der Waals surface area contributed by atoms with Crippen LogP contribution in [0.2, 0.25) is 51.4 Å². The van der Waals surface area contributed by atoms with E-state index in [2.05, 4.69) is 108 Å². The Balaban J connectivity index is 1.74. The van der Waals surface area contributed by atoms with E-state index in [1.54, 1.807) is 7.11 Å². The molecule has 0 saturated heterocycles. The molecule has 9 heteroatoms. The molecule has 0 fully saturated rings. The molecule has 0 amide bonds. The third kappa shape index (κ3) is 7.30. The molecule has 0 spiro atoms. The van der Waals surface area contributed by atoms with Crippen molar-refractivity contribution < 1.29 is 19.0 Å². The molecule has 0 aliphatic carbocycles. The lowest BCUT2D eigenvalue weighted by atomic mass is 9.86. The molecule has 3 aromatic rings. The second kappa shape index (κ2) is 13.1. The van der Waals surface area contributed by atoms with Crippen molar-refractivity contribution in [2.75, 3.05) is 26.9 Å². The zero-order valence-electron chi connectivity index (χ0n) is 27.0. The molecule has 2 unspecified atom stereocenters. The van der Waals surface area contributed by atoms with Crippen molar-refractivity contribution in [1.29, 1.82) is 0 Å². The van der Waals surface area contributed by atoms with Gasteiger partial charge in [-0.05, 0) is 66.9 Å². The molecule has 2 heterocycles. The number of halogens is 1. The van der Waals surface area contributed by atoms with Crippen molar-refractivity contribution in [1.82, 2.24) is 9.47 Å². The summed E-state index contributed by atoms with van der Waals surface area (Å²) in [5.74, 6) is 0.725. The van der Waals surface area contributed by atoms with E-state index in [9.17, 15) is 4.79 Å². The lowest BCUT2D eigenvalue weighted by molar-refractivity contribution is -0.121. The van der Waals surface area contributed by atoms with Crippen LogP contribution in [0.1, 0.15) is 35.2 Å². The van der Waals surface area contributed by atoms with Crippen LogP contribution in [-0.4, -0.2) is 58.8 Å². The number of hydrogen-bond acceptors (Lipinski definition) is 5. The summed E-state index contributed by atoms with van der Waals surface area (Å²) in [6.07, 6.45) is 3.17. The molecule has 0 saturated carbocycles. The average molecular weight is 674 g/mol. The number of fused-ring (bicyclic) bond motifs is 2. The molecule has 1 aromatic heterocycles. The maximum atomic E-state index is 13.4. The molecule has 1 aliphatic rings. The number of ether oxygens (including phenoxy) is 3. The molecular formula is C33H49BrN2O4Si2. The number of methoxy groups -OCH3 is 1. The average Bonchev–Trinajstić information content (AvgIpc) is 3.49. The summed E-state index contributed by atoms with van der Waals surface area (Å²) in [5.41, 5.74) is 4.54. The number of aromatic nitrogens is 1. The van der Waals surface area contributed by atoms with Gasteiger partial charge < -0.3 is 23.6 Å². The SMILES string of the molecule is COc1cc(C)c2c(ccn2COCC[Si](C)(C)C)c1C(C)(C=O)N1Cc2cc(Br)ccc2C1COCC[Si](C)(C)C. The Bertz CT molecular complexity index is 1410. The van der Waals surface area contributed by atoms with E-state index in [1.165, 1.54) is 11.1 Å². The van der Waals surface area contributed by atoms with E-state index >= 15 is 0 Å². The summed E-state index contributed by atoms with van der Waals surface area (Å²) in [5, 5.41) is 1.02. The van der Waals surface area contributed by atoms with Crippen LogP contribution in [-0.2, 0) is 33.1 Å². The van der Waals surface area contributed by atoms with Gasteiger partial charge in [0, 0.05) is 57.5 Å². The smallest absolute Gasteiger partial charge is 0.144 e. The molecule has 0 radical (unpaired) electrons. The fourth-order valence-electron chi connectivity index (χ4n) is 5.92. The van der Waals surface area contributed by atoms with Crippen LogP contribution in [0, 0.1) is 6.92 Å². The van der Waals surface area contributed by atoms with Crippen LogP contribution >= 0.6 is 15.9 Å². The summed E-state index contributed by atoms with van der Waals surface area (Å²) in [6.45, 7) is 21.5. The van der Waals surface area contributed by atoms with E-state index in [0.29, 0.717) is 19.9 Å². The van der Waals surface area contributed by atoms with Crippen LogP contribution < -0.4 is 4.74 Å². The Morgan fingerprint density at radius 2 is 1.69 bits per heavy atom. The van der Waals surface area contributed by atoms with Crippen molar-refractivity contribution in [2.24, 2.45) is 0 Å². The highest BCUT2D eigenvalue weighted by atomic mass is 79.9. The Hall–Kier alpha value is -1.76. The molecule has 2 atom stereocenters. The quantitative estimate of drug-likeness (QED) is 0.0979. The number of aldehydes is 1. The summed E-state index contributed by atoms with van der Waals surface area (Å²) in [7, 11) is -0.705. The minimum atomic E-state index is -1.22. The fraction of sp³-hybridized carbons (Fsp3) is 0.545. The number of nitrogens with zero attached hydrogens (tertiary/aromatic N) is 2. The molecular weight excluding hydrogens is 624 g/mol. The van der Waals surface area contributed by atoms with Crippen molar-refractivity contribution in [2.45, 2.75) is 90.1 Å². The van der Waals surface area contributed by atoms with Gasteiger partial charge in [-0.1, -0.05) is 61.3 Å². The molecule has 6 nitrogen and oxygen atoms in total. The van der Waals surface area contributed by atoms with Gasteiger partial charge in [0.05, 0.1) is 25.3 Å². The van der Waals surface area contributed by atoms with E-state index in [4.69, 9.17) is 14.2 Å². The number of carbonyl (C=O) groups is 1. The van der Waals surface area contributed by atoms with E-state index in [-0.39, 0.29) is 6.04 Å². The van der Waals surface area contributed by atoms with Crippen LogP contribution in [0.15, 0.2) is 41.0 Å². The summed E-state index contributed by atoms with van der Waals surface area (Å²) in [4.78, 5) is 15.7. The summed E-state index contributed by atoms with van der Waals surface area (Å²) >= 11 is 3.66. The van der Waals surface area contributed by atoms with Gasteiger partial charge in [-0.3, -0.25) is 4.90 Å². The monoisotopic (exact) mass is 672 g/mol. The second-order valence-corrected chi connectivity index (χ2v) is 26.5. The van der Waals surface area contributed by atoms with E-state index in [0.717, 1.165) is 63.8 Å². The Labute approximate surface area is 262 Å². The lowest BCUT2D eigenvalue weighted by Gasteiger charge is -2.40. The van der Waals surface area contributed by atoms with Gasteiger partial charge in [-0.15, -0.1) is 0 Å².